The number of aromatic amines is 1. The first-order chi connectivity index (χ1) is 16.4. The molecule has 4 rings (SSSR count). The van der Waals surface area contributed by atoms with Gasteiger partial charge in [-0.2, -0.15) is 5.10 Å². The van der Waals surface area contributed by atoms with Crippen LogP contribution in [0.25, 0.3) is 11.3 Å². The molecule has 0 saturated carbocycles. The topological polar surface area (TPSA) is 87.7 Å². The maximum Gasteiger partial charge on any atom is 0.273 e. The van der Waals surface area contributed by atoms with E-state index in [1.807, 2.05) is 44.2 Å². The van der Waals surface area contributed by atoms with Crippen molar-refractivity contribution in [2.45, 2.75) is 39.7 Å². The summed E-state index contributed by atoms with van der Waals surface area (Å²) < 4.78 is 11.5. The number of H-pyrrole nitrogens is 1. The quantitative estimate of drug-likeness (QED) is 0.333. The van der Waals surface area contributed by atoms with Crippen molar-refractivity contribution in [2.75, 3.05) is 20.3 Å². The Morgan fingerprint density at radius 1 is 1.24 bits per heavy atom. The van der Waals surface area contributed by atoms with Gasteiger partial charge >= 0.3 is 0 Å². The smallest absolute Gasteiger partial charge is 0.273 e. The maximum absolute atomic E-state index is 13.3. The lowest BCUT2D eigenvalue weighted by molar-refractivity contribution is 0.0764. The van der Waals surface area contributed by atoms with Gasteiger partial charge in [0.15, 0.2) is 11.5 Å². The fraction of sp³-hybridized carbons (Fsp3) is 0.333. The molecule has 178 valence electrons. The number of nitrogens with one attached hydrogen (secondary N) is 1. The van der Waals surface area contributed by atoms with Gasteiger partial charge in [-0.05, 0) is 55.2 Å². The first kappa shape index (κ1) is 23.4. The van der Waals surface area contributed by atoms with E-state index in [1.165, 1.54) is 0 Å². The molecule has 0 aliphatic carbocycles. The average Bonchev–Trinajstić information content (AvgIpc) is 3.36. The number of benzene rings is 2. The molecule has 1 unspecified atom stereocenters. The molecule has 34 heavy (non-hydrogen) atoms. The van der Waals surface area contributed by atoms with Gasteiger partial charge in [-0.25, -0.2) is 0 Å². The number of phenolic OH excluding ortho intramolecular Hbond substituents is 1. The van der Waals surface area contributed by atoms with Gasteiger partial charge in [0.05, 0.1) is 19.8 Å². The Labute approximate surface area is 200 Å². The number of fused-ring (bicyclic) bond motifs is 1. The van der Waals surface area contributed by atoms with E-state index in [9.17, 15) is 9.90 Å². The predicted octanol–water partition coefficient (Wildman–Crippen LogP) is 5.32. The number of ether oxygens (including phenoxy) is 2. The highest BCUT2D eigenvalue weighted by atomic mass is 16.5. The number of rotatable bonds is 9. The summed E-state index contributed by atoms with van der Waals surface area (Å²) in [7, 11) is 1.61. The second-order valence-electron chi connectivity index (χ2n) is 8.60. The zero-order valence-electron chi connectivity index (χ0n) is 20.1. The number of carbonyl (C=O) groups excluding carboxylic acids is 1. The summed E-state index contributed by atoms with van der Waals surface area (Å²) in [5, 5.41) is 18.2. The Morgan fingerprint density at radius 2 is 2.03 bits per heavy atom. The summed E-state index contributed by atoms with van der Waals surface area (Å²) in [5.74, 6) is 1.27. The van der Waals surface area contributed by atoms with Gasteiger partial charge in [-0.15, -0.1) is 6.58 Å². The molecular weight excluding hydrogens is 430 g/mol. The lowest BCUT2D eigenvalue weighted by Crippen LogP contribution is -2.29. The Balaban J connectivity index is 1.85. The zero-order valence-corrected chi connectivity index (χ0v) is 20.1. The van der Waals surface area contributed by atoms with Crippen molar-refractivity contribution in [3.8, 4) is 28.5 Å². The van der Waals surface area contributed by atoms with Crippen molar-refractivity contribution >= 4 is 5.91 Å². The fourth-order valence-electron chi connectivity index (χ4n) is 4.52. The molecule has 0 spiro atoms. The van der Waals surface area contributed by atoms with E-state index >= 15 is 0 Å². The van der Waals surface area contributed by atoms with Crippen LogP contribution in [0.5, 0.6) is 17.2 Å². The number of aryl methyl sites for hydroxylation is 2. The van der Waals surface area contributed by atoms with Crippen LogP contribution < -0.4 is 9.47 Å². The van der Waals surface area contributed by atoms with Gasteiger partial charge in [0.2, 0.25) is 0 Å². The molecule has 0 radical (unpaired) electrons. The lowest BCUT2D eigenvalue weighted by atomic mass is 9.94. The van der Waals surface area contributed by atoms with Crippen LogP contribution in [0.2, 0.25) is 0 Å². The first-order valence-corrected chi connectivity index (χ1v) is 11.5. The number of aromatic hydroxyl groups is 1. The van der Waals surface area contributed by atoms with E-state index in [2.05, 4.69) is 23.7 Å². The van der Waals surface area contributed by atoms with E-state index in [-0.39, 0.29) is 11.7 Å². The largest absolute Gasteiger partial charge is 0.507 e. The highest BCUT2D eigenvalue weighted by Gasteiger charge is 2.42. The number of unbranched alkanes of at least 4 members (excludes halogenated alkanes) is 1. The van der Waals surface area contributed by atoms with E-state index in [0.717, 1.165) is 35.1 Å². The molecule has 2 aromatic carbocycles. The summed E-state index contributed by atoms with van der Waals surface area (Å²) in [4.78, 5) is 15.1. The third kappa shape index (κ3) is 4.02. The number of phenols is 1. The van der Waals surface area contributed by atoms with Crippen molar-refractivity contribution in [3.05, 3.63) is 70.9 Å². The van der Waals surface area contributed by atoms with Gasteiger partial charge in [-0.3, -0.25) is 9.89 Å². The van der Waals surface area contributed by atoms with E-state index in [0.29, 0.717) is 41.6 Å². The van der Waals surface area contributed by atoms with Crippen LogP contribution in [0.1, 0.15) is 58.5 Å². The van der Waals surface area contributed by atoms with Crippen molar-refractivity contribution in [1.82, 2.24) is 15.1 Å². The van der Waals surface area contributed by atoms with Crippen LogP contribution in [0.4, 0.5) is 0 Å². The molecule has 1 atom stereocenters. The summed E-state index contributed by atoms with van der Waals surface area (Å²) in [5.41, 5.74) is 4.93. The summed E-state index contributed by atoms with van der Waals surface area (Å²) in [6, 6.07) is 9.12. The number of amides is 1. The van der Waals surface area contributed by atoms with Crippen molar-refractivity contribution < 1.29 is 19.4 Å². The summed E-state index contributed by atoms with van der Waals surface area (Å²) in [6.45, 7) is 10.7. The highest BCUT2D eigenvalue weighted by molar-refractivity contribution is 6.00. The van der Waals surface area contributed by atoms with Crippen LogP contribution >= 0.6 is 0 Å². The number of aromatic nitrogens is 2. The van der Waals surface area contributed by atoms with Gasteiger partial charge in [0.1, 0.15) is 17.1 Å². The van der Waals surface area contributed by atoms with Crippen molar-refractivity contribution in [2.24, 2.45) is 0 Å². The highest BCUT2D eigenvalue weighted by Crippen LogP contribution is 2.46. The SMILES string of the molecule is C=CCN1C(=O)c2[nH]nc(-c3cc(C)cc(C)c3O)c2C1c1ccc(OCCCC)c(OC)c1. The molecule has 1 aromatic heterocycles. The predicted molar refractivity (Wildman–Crippen MR) is 132 cm³/mol. The van der Waals surface area contributed by atoms with Crippen LogP contribution in [-0.2, 0) is 0 Å². The zero-order chi connectivity index (χ0) is 24.4. The molecule has 1 amide bonds. The second kappa shape index (κ2) is 9.63. The molecule has 0 bridgehead atoms. The van der Waals surface area contributed by atoms with E-state index < -0.39 is 6.04 Å². The van der Waals surface area contributed by atoms with Gasteiger partial charge in [-0.1, -0.05) is 31.6 Å². The van der Waals surface area contributed by atoms with Crippen LogP contribution in [0.3, 0.4) is 0 Å². The maximum atomic E-state index is 13.3. The monoisotopic (exact) mass is 461 g/mol. The normalized spacial score (nSPS) is 14.9. The first-order valence-electron chi connectivity index (χ1n) is 11.5. The molecule has 1 aliphatic rings. The molecule has 7 nitrogen and oxygen atoms in total. The number of methoxy groups -OCH3 is 1. The van der Waals surface area contributed by atoms with E-state index in [1.54, 1.807) is 18.1 Å². The molecule has 3 aromatic rings. The Morgan fingerprint density at radius 3 is 2.74 bits per heavy atom. The molecule has 2 heterocycles. The van der Waals surface area contributed by atoms with Crippen LogP contribution in [0, 0.1) is 13.8 Å². The standard InChI is InChI=1S/C27H31N3O4/c1-6-8-12-34-20-10-9-18(15-21(20)33-5)25-22-23(19-14-16(3)13-17(4)26(19)31)28-29-24(22)27(32)30(25)11-7-2/h7,9-10,13-15,25,31H,2,6,8,11-12H2,1,3-5H3,(H,28,29). The Hall–Kier alpha value is -3.74. The molecule has 1 aliphatic heterocycles. The fourth-order valence-corrected chi connectivity index (χ4v) is 4.52. The minimum absolute atomic E-state index is 0.158. The third-order valence-corrected chi connectivity index (χ3v) is 6.15. The van der Waals surface area contributed by atoms with Crippen molar-refractivity contribution in [1.29, 1.82) is 0 Å². The second-order valence-corrected chi connectivity index (χ2v) is 8.60. The number of hydrogen-bond acceptors (Lipinski definition) is 5. The van der Waals surface area contributed by atoms with Gasteiger partial charge in [0.25, 0.3) is 5.91 Å². The van der Waals surface area contributed by atoms with Gasteiger partial charge < -0.3 is 19.5 Å². The molecule has 0 saturated heterocycles. The van der Waals surface area contributed by atoms with E-state index in [4.69, 9.17) is 9.47 Å². The molecular formula is C27H31N3O4. The minimum Gasteiger partial charge on any atom is -0.507 e. The number of nitrogens with zero attached hydrogens (tertiary/aromatic N) is 2. The van der Waals surface area contributed by atoms with Crippen LogP contribution in [-0.4, -0.2) is 46.4 Å². The Kier molecular flexibility index (Phi) is 6.63. The number of hydrogen-bond donors (Lipinski definition) is 2. The Bertz CT molecular complexity index is 1230. The summed E-state index contributed by atoms with van der Waals surface area (Å²) >= 11 is 0. The molecule has 2 N–H and O–H groups in total. The summed E-state index contributed by atoms with van der Waals surface area (Å²) in [6.07, 6.45) is 3.70. The van der Waals surface area contributed by atoms with Crippen molar-refractivity contribution in [3.63, 3.8) is 0 Å². The lowest BCUT2D eigenvalue weighted by Gasteiger charge is -2.26. The number of carbonyl (C=O) groups is 1. The molecule has 7 heteroatoms. The third-order valence-electron chi connectivity index (χ3n) is 6.15. The molecule has 0 fully saturated rings. The van der Waals surface area contributed by atoms with Crippen LogP contribution in [0.15, 0.2) is 43.0 Å². The average molecular weight is 462 g/mol. The van der Waals surface area contributed by atoms with Gasteiger partial charge in [0, 0.05) is 17.7 Å². The minimum atomic E-state index is -0.423.